The maximum absolute atomic E-state index is 12.3. The van der Waals surface area contributed by atoms with E-state index >= 15 is 0 Å². The first-order valence-corrected chi connectivity index (χ1v) is 9.13. The number of aromatic nitrogens is 2. The molecular formula is C19H24N6O5. The van der Waals surface area contributed by atoms with Gasteiger partial charge < -0.3 is 32.7 Å². The summed E-state index contributed by atoms with van der Waals surface area (Å²) in [6, 6.07) is 5.26. The predicted molar refractivity (Wildman–Crippen MR) is 109 cm³/mol. The van der Waals surface area contributed by atoms with E-state index in [-0.39, 0.29) is 36.1 Å². The van der Waals surface area contributed by atoms with Gasteiger partial charge >= 0.3 is 11.9 Å². The lowest BCUT2D eigenvalue weighted by atomic mass is 9.93. The van der Waals surface area contributed by atoms with E-state index in [1.54, 1.807) is 30.5 Å². The van der Waals surface area contributed by atoms with Crippen LogP contribution >= 0.6 is 0 Å². The minimum absolute atomic E-state index is 0.0745. The Balaban J connectivity index is 2.06. The average molecular weight is 416 g/mol. The molecule has 1 aromatic heterocycles. The fraction of sp³-hybridized carbons (Fsp3) is 0.316. The Morgan fingerprint density at radius 3 is 2.30 bits per heavy atom. The molecule has 0 aliphatic carbocycles. The van der Waals surface area contributed by atoms with Crippen molar-refractivity contribution < 1.29 is 24.6 Å². The zero-order valence-electron chi connectivity index (χ0n) is 16.1. The van der Waals surface area contributed by atoms with Gasteiger partial charge in [-0.1, -0.05) is 12.1 Å². The Kier molecular flexibility index (Phi) is 7.64. The largest absolute Gasteiger partial charge is 0.481 e. The summed E-state index contributed by atoms with van der Waals surface area (Å²) in [6.07, 6.45) is 1.48. The third-order valence-electron chi connectivity index (χ3n) is 4.54. The summed E-state index contributed by atoms with van der Waals surface area (Å²) >= 11 is 0. The number of benzene rings is 1. The molecule has 160 valence electrons. The number of nitrogens with two attached hydrogens (primary N) is 3. The van der Waals surface area contributed by atoms with Crippen LogP contribution in [0.1, 0.15) is 40.2 Å². The molecule has 1 aromatic carbocycles. The molecule has 1 amide bonds. The van der Waals surface area contributed by atoms with Crippen molar-refractivity contribution in [3.05, 3.63) is 47.2 Å². The zero-order valence-corrected chi connectivity index (χ0v) is 16.1. The van der Waals surface area contributed by atoms with Crippen molar-refractivity contribution in [3.8, 4) is 0 Å². The number of nitrogen functional groups attached to an aromatic ring is 2. The van der Waals surface area contributed by atoms with Gasteiger partial charge in [0.2, 0.25) is 5.95 Å². The van der Waals surface area contributed by atoms with Crippen molar-refractivity contribution in [2.24, 2.45) is 5.73 Å². The van der Waals surface area contributed by atoms with Crippen LogP contribution in [0.15, 0.2) is 30.5 Å². The van der Waals surface area contributed by atoms with Crippen LogP contribution in [0, 0.1) is 0 Å². The average Bonchev–Trinajstić information content (AvgIpc) is 2.69. The minimum Gasteiger partial charge on any atom is -0.481 e. The highest BCUT2D eigenvalue weighted by molar-refractivity contribution is 5.96. The van der Waals surface area contributed by atoms with Crippen molar-refractivity contribution in [1.29, 1.82) is 0 Å². The van der Waals surface area contributed by atoms with E-state index in [9.17, 15) is 14.4 Å². The lowest BCUT2D eigenvalue weighted by Gasteiger charge is -2.17. The van der Waals surface area contributed by atoms with Gasteiger partial charge in [0.15, 0.2) is 0 Å². The number of hydrogen-bond acceptors (Lipinski definition) is 8. The van der Waals surface area contributed by atoms with Crippen molar-refractivity contribution in [2.75, 3.05) is 18.0 Å². The molecule has 0 bridgehead atoms. The number of nitrogens with one attached hydrogen (secondary N) is 1. The topological polar surface area (TPSA) is 208 Å². The summed E-state index contributed by atoms with van der Waals surface area (Å²) in [5.74, 6) is -2.86. The molecule has 30 heavy (non-hydrogen) atoms. The van der Waals surface area contributed by atoms with Crippen molar-refractivity contribution in [3.63, 3.8) is 0 Å². The first-order chi connectivity index (χ1) is 14.2. The molecule has 9 N–H and O–H groups in total. The number of hydrogen-bond donors (Lipinski definition) is 6. The molecule has 1 heterocycles. The van der Waals surface area contributed by atoms with Crippen LogP contribution < -0.4 is 22.5 Å². The molecule has 2 aromatic rings. The summed E-state index contributed by atoms with van der Waals surface area (Å²) in [4.78, 5) is 42.1. The molecular weight excluding hydrogens is 392 g/mol. The van der Waals surface area contributed by atoms with Crippen molar-refractivity contribution >= 4 is 29.6 Å². The maximum atomic E-state index is 12.3. The number of carboxylic acid groups (broad SMARTS) is 2. The number of carbonyl (C=O) groups is 3. The second kappa shape index (κ2) is 10.2. The number of nitrogens with zero attached hydrogens (tertiary/aromatic N) is 2. The van der Waals surface area contributed by atoms with Gasteiger partial charge in [-0.2, -0.15) is 4.98 Å². The van der Waals surface area contributed by atoms with E-state index < -0.39 is 23.9 Å². The summed E-state index contributed by atoms with van der Waals surface area (Å²) in [7, 11) is 0. The fourth-order valence-electron chi connectivity index (χ4n) is 2.90. The Labute approximate surface area is 172 Å². The molecule has 2 rings (SSSR count). The summed E-state index contributed by atoms with van der Waals surface area (Å²) < 4.78 is 0. The van der Waals surface area contributed by atoms with E-state index in [0.717, 1.165) is 5.56 Å². The summed E-state index contributed by atoms with van der Waals surface area (Å²) in [5.41, 5.74) is 19.1. The van der Waals surface area contributed by atoms with E-state index in [4.69, 9.17) is 27.4 Å². The molecule has 0 fully saturated rings. The molecule has 0 spiro atoms. The van der Waals surface area contributed by atoms with Gasteiger partial charge in [-0.3, -0.25) is 9.59 Å². The lowest BCUT2D eigenvalue weighted by Crippen LogP contribution is -2.41. The van der Waals surface area contributed by atoms with Gasteiger partial charge in [-0.15, -0.1) is 0 Å². The van der Waals surface area contributed by atoms with Crippen LogP contribution in [-0.2, 0) is 16.0 Å². The molecule has 11 heteroatoms. The zero-order chi connectivity index (χ0) is 22.3. The smallest absolute Gasteiger partial charge is 0.326 e. The summed E-state index contributed by atoms with van der Waals surface area (Å²) in [6.45, 7) is 0.295. The highest BCUT2D eigenvalue weighted by Crippen LogP contribution is 2.24. The molecule has 0 radical (unpaired) electrons. The first kappa shape index (κ1) is 22.6. The van der Waals surface area contributed by atoms with Gasteiger partial charge in [-0.05, 0) is 37.1 Å². The number of amides is 1. The Morgan fingerprint density at radius 2 is 1.77 bits per heavy atom. The Hall–Kier alpha value is -3.73. The van der Waals surface area contributed by atoms with Gasteiger partial charge in [-0.25, -0.2) is 9.78 Å². The predicted octanol–water partition coefficient (Wildman–Crippen LogP) is -0.0262. The van der Waals surface area contributed by atoms with E-state index in [1.807, 2.05) is 0 Å². The SMILES string of the molecule is NCC(Cc1ccc(C(=O)N[C@@H](CCC(=O)O)C(=O)O)cc1)c1cnc(N)nc1N. The van der Waals surface area contributed by atoms with Gasteiger partial charge in [0.1, 0.15) is 11.9 Å². The maximum Gasteiger partial charge on any atom is 0.326 e. The van der Waals surface area contributed by atoms with Crippen LogP contribution in [0.3, 0.4) is 0 Å². The molecule has 0 aliphatic heterocycles. The van der Waals surface area contributed by atoms with Crippen molar-refractivity contribution in [2.45, 2.75) is 31.2 Å². The molecule has 0 saturated carbocycles. The fourth-order valence-corrected chi connectivity index (χ4v) is 2.90. The van der Waals surface area contributed by atoms with Gasteiger partial charge in [0, 0.05) is 29.7 Å². The van der Waals surface area contributed by atoms with E-state index in [2.05, 4.69) is 15.3 Å². The number of anilines is 2. The highest BCUT2D eigenvalue weighted by atomic mass is 16.4. The van der Waals surface area contributed by atoms with Crippen LogP contribution in [0.5, 0.6) is 0 Å². The monoisotopic (exact) mass is 416 g/mol. The molecule has 1 unspecified atom stereocenters. The third kappa shape index (κ3) is 6.14. The lowest BCUT2D eigenvalue weighted by molar-refractivity contribution is -0.140. The first-order valence-electron chi connectivity index (χ1n) is 9.13. The van der Waals surface area contributed by atoms with Crippen molar-refractivity contribution in [1.82, 2.24) is 15.3 Å². The number of carbonyl (C=O) groups excluding carboxylic acids is 1. The number of carboxylic acids is 2. The second-order valence-electron chi connectivity index (χ2n) is 6.70. The molecule has 0 saturated heterocycles. The Morgan fingerprint density at radius 1 is 1.10 bits per heavy atom. The van der Waals surface area contributed by atoms with Crippen LogP contribution in [0.25, 0.3) is 0 Å². The molecule has 2 atom stereocenters. The highest BCUT2D eigenvalue weighted by Gasteiger charge is 2.22. The third-order valence-corrected chi connectivity index (χ3v) is 4.54. The number of aliphatic carboxylic acids is 2. The van der Waals surface area contributed by atoms with E-state index in [1.165, 1.54) is 0 Å². The summed E-state index contributed by atoms with van der Waals surface area (Å²) in [5, 5.41) is 20.2. The second-order valence-corrected chi connectivity index (χ2v) is 6.70. The minimum atomic E-state index is -1.30. The normalized spacial score (nSPS) is 12.7. The van der Waals surface area contributed by atoms with Crippen LogP contribution in [0.4, 0.5) is 11.8 Å². The van der Waals surface area contributed by atoms with Gasteiger partial charge in [0.25, 0.3) is 5.91 Å². The molecule has 11 nitrogen and oxygen atoms in total. The quantitative estimate of drug-likeness (QED) is 0.305. The van der Waals surface area contributed by atoms with E-state index in [0.29, 0.717) is 18.5 Å². The van der Waals surface area contributed by atoms with Crippen LogP contribution in [0.2, 0.25) is 0 Å². The number of rotatable bonds is 10. The van der Waals surface area contributed by atoms with Gasteiger partial charge in [0.05, 0.1) is 0 Å². The molecule has 0 aliphatic rings. The van der Waals surface area contributed by atoms with Crippen LogP contribution in [-0.4, -0.2) is 50.6 Å². The standard InChI is InChI=1S/C19H24N6O5/c20-8-12(13-9-23-19(22)25-16(13)21)7-10-1-3-11(4-2-10)17(28)24-14(18(29)30)5-6-15(26)27/h1-4,9,12,14H,5-8,20H2,(H,24,28)(H,26,27)(H,29,30)(H4,21,22,23,25)/t12?,14-/m0/s1. The Bertz CT molecular complexity index is 918.